The molecular weight excluding hydrogens is 312 g/mol. The Morgan fingerprint density at radius 2 is 1.96 bits per heavy atom. The Morgan fingerprint density at radius 1 is 1.30 bits per heavy atom. The summed E-state index contributed by atoms with van der Waals surface area (Å²) in [6, 6.07) is 9.53. The van der Waals surface area contributed by atoms with E-state index in [1.807, 2.05) is 35.2 Å². The van der Waals surface area contributed by atoms with Crippen LogP contribution in [0.4, 0.5) is 0 Å². The van der Waals surface area contributed by atoms with Crippen molar-refractivity contribution in [2.24, 2.45) is 0 Å². The molecular formula is C17H26N2O3S. The van der Waals surface area contributed by atoms with Crippen molar-refractivity contribution in [1.29, 1.82) is 0 Å². The molecule has 6 heteroatoms. The quantitative estimate of drug-likeness (QED) is 0.892. The number of amides is 1. The van der Waals surface area contributed by atoms with Gasteiger partial charge in [0.2, 0.25) is 15.9 Å². The van der Waals surface area contributed by atoms with Gasteiger partial charge in [-0.05, 0) is 38.7 Å². The number of piperidine rings is 1. The van der Waals surface area contributed by atoms with E-state index in [1.54, 1.807) is 20.8 Å². The average molecular weight is 338 g/mol. The van der Waals surface area contributed by atoms with Gasteiger partial charge in [0, 0.05) is 19.5 Å². The van der Waals surface area contributed by atoms with Crippen LogP contribution in [0, 0.1) is 0 Å². The molecule has 1 aromatic rings. The standard InChI is InChI=1S/C17H26N2O3S/c1-13(2)23(21,22)18-16-10-7-11-19(14(3)20)17(16)12-15-8-5-4-6-9-15/h4-6,8-9,13,16-18H,7,10-12H2,1-3H3/t16-,17-/m0/s1. The molecule has 128 valence electrons. The van der Waals surface area contributed by atoms with Gasteiger partial charge in [0.1, 0.15) is 0 Å². The summed E-state index contributed by atoms with van der Waals surface area (Å²) in [5, 5.41) is -0.479. The first-order valence-corrected chi connectivity index (χ1v) is 9.68. The van der Waals surface area contributed by atoms with Crippen molar-refractivity contribution >= 4 is 15.9 Å². The third-order valence-corrected chi connectivity index (χ3v) is 6.28. The van der Waals surface area contributed by atoms with E-state index in [1.165, 1.54) is 0 Å². The molecule has 1 N–H and O–H groups in total. The second-order valence-electron chi connectivity index (χ2n) is 6.43. The Bertz CT molecular complexity index is 628. The van der Waals surface area contributed by atoms with Crippen molar-refractivity contribution in [2.45, 2.75) is 57.4 Å². The maximum absolute atomic E-state index is 12.3. The number of benzene rings is 1. The van der Waals surface area contributed by atoms with Crippen LogP contribution in [0.15, 0.2) is 30.3 Å². The fourth-order valence-electron chi connectivity index (χ4n) is 3.04. The highest BCUT2D eigenvalue weighted by Gasteiger charge is 2.35. The Morgan fingerprint density at radius 3 is 2.52 bits per heavy atom. The molecule has 1 fully saturated rings. The number of likely N-dealkylation sites (tertiary alicyclic amines) is 1. The number of sulfonamides is 1. The predicted molar refractivity (Wildman–Crippen MR) is 91.5 cm³/mol. The lowest BCUT2D eigenvalue weighted by molar-refractivity contribution is -0.133. The summed E-state index contributed by atoms with van der Waals surface area (Å²) in [4.78, 5) is 13.8. The first-order chi connectivity index (χ1) is 10.8. The second-order valence-corrected chi connectivity index (χ2v) is 8.70. The van der Waals surface area contributed by atoms with E-state index >= 15 is 0 Å². The zero-order valence-electron chi connectivity index (χ0n) is 14.0. The van der Waals surface area contributed by atoms with Gasteiger partial charge in [-0.2, -0.15) is 0 Å². The molecule has 0 unspecified atom stereocenters. The smallest absolute Gasteiger partial charge is 0.219 e. The highest BCUT2D eigenvalue weighted by atomic mass is 32.2. The van der Waals surface area contributed by atoms with Crippen LogP contribution in [-0.2, 0) is 21.2 Å². The molecule has 0 radical (unpaired) electrons. The number of hydrogen-bond donors (Lipinski definition) is 1. The van der Waals surface area contributed by atoms with E-state index in [4.69, 9.17) is 0 Å². The third-order valence-electron chi connectivity index (χ3n) is 4.41. The van der Waals surface area contributed by atoms with Crippen LogP contribution in [0.2, 0.25) is 0 Å². The molecule has 1 heterocycles. The van der Waals surface area contributed by atoms with Gasteiger partial charge >= 0.3 is 0 Å². The first kappa shape index (κ1) is 17.9. The van der Waals surface area contributed by atoms with Crippen LogP contribution in [-0.4, -0.2) is 43.1 Å². The summed E-state index contributed by atoms with van der Waals surface area (Å²) in [6.07, 6.45) is 2.23. The van der Waals surface area contributed by atoms with Crippen LogP contribution >= 0.6 is 0 Å². The fourth-order valence-corrected chi connectivity index (χ4v) is 4.01. The van der Waals surface area contributed by atoms with Gasteiger partial charge in [-0.1, -0.05) is 30.3 Å². The molecule has 1 aromatic carbocycles. The zero-order valence-corrected chi connectivity index (χ0v) is 14.8. The minimum atomic E-state index is -3.36. The van der Waals surface area contributed by atoms with E-state index in [0.29, 0.717) is 13.0 Å². The Hall–Kier alpha value is -1.40. The molecule has 0 saturated carbocycles. The van der Waals surface area contributed by atoms with Crippen LogP contribution in [0.3, 0.4) is 0 Å². The van der Waals surface area contributed by atoms with Gasteiger partial charge in [-0.25, -0.2) is 13.1 Å². The highest BCUT2D eigenvalue weighted by Crippen LogP contribution is 2.23. The lowest BCUT2D eigenvalue weighted by atomic mass is 9.91. The molecule has 0 aromatic heterocycles. The summed E-state index contributed by atoms with van der Waals surface area (Å²) in [5.74, 6) is -0.000578. The lowest BCUT2D eigenvalue weighted by Gasteiger charge is -2.41. The number of hydrogen-bond acceptors (Lipinski definition) is 3. The van der Waals surface area contributed by atoms with Crippen molar-refractivity contribution < 1.29 is 13.2 Å². The summed E-state index contributed by atoms with van der Waals surface area (Å²) < 4.78 is 27.3. The fraction of sp³-hybridized carbons (Fsp3) is 0.588. The first-order valence-electron chi connectivity index (χ1n) is 8.13. The number of carbonyl (C=O) groups is 1. The number of rotatable bonds is 5. The van der Waals surface area contributed by atoms with Gasteiger partial charge in [0.05, 0.1) is 11.3 Å². The Kier molecular flexibility index (Phi) is 5.81. The van der Waals surface area contributed by atoms with Crippen molar-refractivity contribution in [1.82, 2.24) is 9.62 Å². The SMILES string of the molecule is CC(=O)N1CCC[C@H](NS(=O)(=O)C(C)C)[C@@H]1Cc1ccccc1. The molecule has 5 nitrogen and oxygen atoms in total. The lowest BCUT2D eigenvalue weighted by Crippen LogP contribution is -2.58. The molecule has 0 spiro atoms. The van der Waals surface area contributed by atoms with Gasteiger partial charge in [-0.15, -0.1) is 0 Å². The molecule has 2 rings (SSSR count). The van der Waals surface area contributed by atoms with Gasteiger partial charge in [-0.3, -0.25) is 4.79 Å². The second kappa shape index (κ2) is 7.45. The maximum Gasteiger partial charge on any atom is 0.219 e. The van der Waals surface area contributed by atoms with Gasteiger partial charge < -0.3 is 4.90 Å². The van der Waals surface area contributed by atoms with Crippen molar-refractivity contribution in [3.05, 3.63) is 35.9 Å². The summed E-state index contributed by atoms with van der Waals surface area (Å²) >= 11 is 0. The van der Waals surface area contributed by atoms with Gasteiger partial charge in [0.25, 0.3) is 0 Å². The van der Waals surface area contributed by atoms with Crippen molar-refractivity contribution in [3.8, 4) is 0 Å². The monoisotopic (exact) mass is 338 g/mol. The molecule has 0 aliphatic carbocycles. The van der Waals surface area contributed by atoms with Crippen LogP contribution in [0.25, 0.3) is 0 Å². The summed E-state index contributed by atoms with van der Waals surface area (Å²) in [7, 11) is -3.36. The molecule has 23 heavy (non-hydrogen) atoms. The van der Waals surface area contributed by atoms with Crippen molar-refractivity contribution in [2.75, 3.05) is 6.54 Å². The van der Waals surface area contributed by atoms with E-state index < -0.39 is 15.3 Å². The molecule has 1 amide bonds. The van der Waals surface area contributed by atoms with E-state index in [2.05, 4.69) is 4.72 Å². The molecule has 1 saturated heterocycles. The zero-order chi connectivity index (χ0) is 17.0. The topological polar surface area (TPSA) is 66.5 Å². The van der Waals surface area contributed by atoms with Gasteiger partial charge in [0.15, 0.2) is 0 Å². The number of carbonyl (C=O) groups excluding carboxylic acids is 1. The van der Waals surface area contributed by atoms with Crippen LogP contribution in [0.1, 0.15) is 39.2 Å². The predicted octanol–water partition coefficient (Wildman–Crippen LogP) is 1.94. The number of nitrogens with one attached hydrogen (secondary N) is 1. The minimum absolute atomic E-state index is 0.000578. The van der Waals surface area contributed by atoms with Crippen LogP contribution in [0.5, 0.6) is 0 Å². The normalized spacial score (nSPS) is 22.3. The highest BCUT2D eigenvalue weighted by molar-refractivity contribution is 7.90. The molecule has 1 aliphatic rings. The van der Waals surface area contributed by atoms with E-state index in [-0.39, 0.29) is 18.0 Å². The maximum atomic E-state index is 12.3. The third kappa shape index (κ3) is 4.54. The van der Waals surface area contributed by atoms with E-state index in [0.717, 1.165) is 18.4 Å². The Labute approximate surface area is 139 Å². The summed E-state index contributed by atoms with van der Waals surface area (Å²) in [6.45, 7) is 5.57. The average Bonchev–Trinajstić information content (AvgIpc) is 2.49. The molecule has 2 atom stereocenters. The Balaban J connectivity index is 2.25. The van der Waals surface area contributed by atoms with E-state index in [9.17, 15) is 13.2 Å². The molecule has 0 bridgehead atoms. The van der Waals surface area contributed by atoms with Crippen LogP contribution < -0.4 is 4.72 Å². The molecule has 1 aliphatic heterocycles. The summed E-state index contributed by atoms with van der Waals surface area (Å²) in [5.41, 5.74) is 1.11. The van der Waals surface area contributed by atoms with Crippen molar-refractivity contribution in [3.63, 3.8) is 0 Å². The largest absolute Gasteiger partial charge is 0.338 e. The number of nitrogens with zero attached hydrogens (tertiary/aromatic N) is 1. The minimum Gasteiger partial charge on any atom is -0.338 e.